The van der Waals surface area contributed by atoms with Gasteiger partial charge in [-0.25, -0.2) is 5.84 Å². The van der Waals surface area contributed by atoms with E-state index in [9.17, 15) is 0 Å². The van der Waals surface area contributed by atoms with E-state index < -0.39 is 0 Å². The average molecular weight is 274 g/mol. The fourth-order valence-corrected chi connectivity index (χ4v) is 5.14. The summed E-state index contributed by atoms with van der Waals surface area (Å²) in [7, 11) is 0. The highest BCUT2D eigenvalue weighted by Gasteiger charge is 2.51. The first-order valence-electron chi connectivity index (χ1n) is 7.53. The summed E-state index contributed by atoms with van der Waals surface area (Å²) in [4.78, 5) is 8.36. The number of nitrogen functional groups attached to an aromatic ring is 2. The van der Waals surface area contributed by atoms with Crippen molar-refractivity contribution in [2.24, 2.45) is 23.6 Å². The van der Waals surface area contributed by atoms with E-state index >= 15 is 0 Å². The fraction of sp³-hybridized carbons (Fsp3) is 0.714. The number of hydrogen-bond donors (Lipinski definition) is 4. The van der Waals surface area contributed by atoms with Gasteiger partial charge in [-0.05, 0) is 56.3 Å². The zero-order chi connectivity index (χ0) is 13.7. The van der Waals surface area contributed by atoms with Gasteiger partial charge in [0.15, 0.2) is 0 Å². The second kappa shape index (κ2) is 4.22. The van der Waals surface area contributed by atoms with E-state index in [4.69, 9.17) is 11.6 Å². The molecule has 0 aromatic carbocycles. The Bertz CT molecular complexity index is 493. The van der Waals surface area contributed by atoms with E-state index in [2.05, 4.69) is 20.7 Å². The zero-order valence-electron chi connectivity index (χ0n) is 11.6. The van der Waals surface area contributed by atoms with Crippen LogP contribution in [0.15, 0.2) is 6.07 Å². The highest BCUT2D eigenvalue weighted by atomic mass is 15.3. The largest absolute Gasteiger partial charge is 0.368 e. The Labute approximate surface area is 118 Å². The molecule has 6 heteroatoms. The quantitative estimate of drug-likeness (QED) is 0.494. The lowest BCUT2D eigenvalue weighted by molar-refractivity contribution is 0.0105. The summed E-state index contributed by atoms with van der Waals surface area (Å²) in [6.07, 6.45) is 8.12. The Hall–Kier alpha value is -1.56. The SMILES string of the molecule is NNc1cc(NC23CC4CC(CC(C4)C2)C3)nc(N)n1. The monoisotopic (exact) mass is 274 g/mol. The molecule has 1 heterocycles. The maximum absolute atomic E-state index is 5.74. The van der Waals surface area contributed by atoms with Gasteiger partial charge in [-0.3, -0.25) is 0 Å². The van der Waals surface area contributed by atoms with Gasteiger partial charge in [0.05, 0.1) is 0 Å². The van der Waals surface area contributed by atoms with Crippen molar-refractivity contribution in [1.82, 2.24) is 9.97 Å². The molecule has 0 unspecified atom stereocenters. The molecule has 20 heavy (non-hydrogen) atoms. The fourth-order valence-electron chi connectivity index (χ4n) is 5.14. The summed E-state index contributed by atoms with van der Waals surface area (Å²) < 4.78 is 0. The Balaban J connectivity index is 1.61. The second-order valence-corrected chi connectivity index (χ2v) is 6.96. The van der Waals surface area contributed by atoms with Gasteiger partial charge in [-0.15, -0.1) is 0 Å². The van der Waals surface area contributed by atoms with Gasteiger partial charge in [0.1, 0.15) is 11.6 Å². The topological polar surface area (TPSA) is 102 Å². The molecular weight excluding hydrogens is 252 g/mol. The predicted octanol–water partition coefficient (Wildman–Crippen LogP) is 1.73. The molecule has 4 bridgehead atoms. The highest BCUT2D eigenvalue weighted by molar-refractivity contribution is 5.52. The molecule has 4 aliphatic rings. The molecule has 6 nitrogen and oxygen atoms in total. The van der Waals surface area contributed by atoms with Crippen LogP contribution >= 0.6 is 0 Å². The van der Waals surface area contributed by atoms with Crippen LogP contribution in [-0.4, -0.2) is 15.5 Å². The van der Waals surface area contributed by atoms with Crippen LogP contribution in [0, 0.1) is 17.8 Å². The molecule has 0 saturated heterocycles. The van der Waals surface area contributed by atoms with E-state index in [1.807, 2.05) is 6.07 Å². The molecule has 0 aliphatic heterocycles. The summed E-state index contributed by atoms with van der Waals surface area (Å²) in [6.45, 7) is 0. The van der Waals surface area contributed by atoms with E-state index in [1.165, 1.54) is 38.5 Å². The minimum atomic E-state index is 0.224. The van der Waals surface area contributed by atoms with Crippen molar-refractivity contribution in [3.8, 4) is 0 Å². The maximum atomic E-state index is 5.74. The van der Waals surface area contributed by atoms with Crippen LogP contribution in [0.25, 0.3) is 0 Å². The molecule has 0 atom stereocenters. The molecule has 5 rings (SSSR count). The van der Waals surface area contributed by atoms with Crippen LogP contribution in [0.4, 0.5) is 17.6 Å². The van der Waals surface area contributed by atoms with Crippen molar-refractivity contribution < 1.29 is 0 Å². The van der Waals surface area contributed by atoms with E-state index in [0.717, 1.165) is 23.6 Å². The Morgan fingerprint density at radius 3 is 2.10 bits per heavy atom. The molecule has 0 spiro atoms. The van der Waals surface area contributed by atoms with Crippen molar-refractivity contribution >= 4 is 17.6 Å². The molecule has 4 aliphatic carbocycles. The number of rotatable bonds is 3. The average Bonchev–Trinajstić information content (AvgIpc) is 2.35. The Kier molecular flexibility index (Phi) is 2.57. The van der Waals surface area contributed by atoms with Crippen LogP contribution in [0.5, 0.6) is 0 Å². The number of anilines is 3. The smallest absolute Gasteiger partial charge is 0.223 e. The third kappa shape index (κ3) is 1.98. The second-order valence-electron chi connectivity index (χ2n) is 6.96. The molecule has 0 radical (unpaired) electrons. The first kappa shape index (κ1) is 12.2. The van der Waals surface area contributed by atoms with Crippen LogP contribution in [-0.2, 0) is 0 Å². The van der Waals surface area contributed by atoms with Gasteiger partial charge in [0.25, 0.3) is 0 Å². The number of hydrazine groups is 1. The van der Waals surface area contributed by atoms with Gasteiger partial charge in [-0.2, -0.15) is 9.97 Å². The Morgan fingerprint density at radius 2 is 1.55 bits per heavy atom. The van der Waals surface area contributed by atoms with Crippen molar-refractivity contribution in [2.75, 3.05) is 16.5 Å². The lowest BCUT2D eigenvalue weighted by atomic mass is 9.53. The van der Waals surface area contributed by atoms with Gasteiger partial charge in [0.2, 0.25) is 5.95 Å². The van der Waals surface area contributed by atoms with Crippen molar-refractivity contribution in [2.45, 2.75) is 44.1 Å². The summed E-state index contributed by atoms with van der Waals surface area (Å²) in [5.74, 6) is 9.75. The summed E-state index contributed by atoms with van der Waals surface area (Å²) >= 11 is 0. The first-order chi connectivity index (χ1) is 9.64. The van der Waals surface area contributed by atoms with Crippen LogP contribution in [0.1, 0.15) is 38.5 Å². The summed E-state index contributed by atoms with van der Waals surface area (Å²) in [6, 6.07) is 1.84. The molecule has 0 amide bonds. The highest BCUT2D eigenvalue weighted by Crippen LogP contribution is 2.56. The molecule has 4 fully saturated rings. The summed E-state index contributed by atoms with van der Waals surface area (Å²) in [5.41, 5.74) is 8.51. The molecule has 1 aromatic rings. The van der Waals surface area contributed by atoms with Crippen molar-refractivity contribution in [3.05, 3.63) is 6.07 Å². The minimum Gasteiger partial charge on any atom is -0.368 e. The normalized spacial score (nSPS) is 38.0. The maximum Gasteiger partial charge on any atom is 0.223 e. The molecule has 108 valence electrons. The van der Waals surface area contributed by atoms with E-state index in [0.29, 0.717) is 5.82 Å². The van der Waals surface area contributed by atoms with Crippen molar-refractivity contribution in [1.29, 1.82) is 0 Å². The summed E-state index contributed by atoms with van der Waals surface area (Å²) in [5, 5.41) is 3.68. The van der Waals surface area contributed by atoms with Gasteiger partial charge >= 0.3 is 0 Å². The predicted molar refractivity (Wildman–Crippen MR) is 78.8 cm³/mol. The van der Waals surface area contributed by atoms with Crippen molar-refractivity contribution in [3.63, 3.8) is 0 Å². The van der Waals surface area contributed by atoms with E-state index in [1.54, 1.807) is 0 Å². The van der Waals surface area contributed by atoms with Gasteiger partial charge in [0, 0.05) is 11.6 Å². The molecular formula is C14H22N6. The van der Waals surface area contributed by atoms with Gasteiger partial charge < -0.3 is 16.5 Å². The first-order valence-corrected chi connectivity index (χ1v) is 7.53. The standard InChI is InChI=1S/C14H22N6/c15-13-17-11(4-12(18-13)20-16)19-14-5-8-1-9(6-14)3-10(2-8)7-14/h4,8-10H,1-3,5-7,16H2,(H4,15,17,18,19,20). The number of nitrogens with two attached hydrogens (primary N) is 2. The number of nitrogens with zero attached hydrogens (tertiary/aromatic N) is 2. The Morgan fingerprint density at radius 1 is 1.00 bits per heavy atom. The van der Waals surface area contributed by atoms with Gasteiger partial charge in [-0.1, -0.05) is 0 Å². The lowest BCUT2D eigenvalue weighted by Gasteiger charge is -2.57. The number of nitrogens with one attached hydrogen (secondary N) is 2. The molecule has 1 aromatic heterocycles. The van der Waals surface area contributed by atoms with Crippen LogP contribution < -0.4 is 22.3 Å². The minimum absolute atomic E-state index is 0.224. The van der Waals surface area contributed by atoms with E-state index in [-0.39, 0.29) is 11.5 Å². The lowest BCUT2D eigenvalue weighted by Crippen LogP contribution is -2.54. The number of aromatic nitrogens is 2. The zero-order valence-corrected chi connectivity index (χ0v) is 11.6. The number of hydrogen-bond acceptors (Lipinski definition) is 6. The third-order valence-corrected chi connectivity index (χ3v) is 5.32. The third-order valence-electron chi connectivity index (χ3n) is 5.32. The van der Waals surface area contributed by atoms with Crippen LogP contribution in [0.2, 0.25) is 0 Å². The molecule has 4 saturated carbocycles. The molecule has 6 N–H and O–H groups in total. The van der Waals surface area contributed by atoms with Crippen LogP contribution in [0.3, 0.4) is 0 Å².